The molecular weight excluding hydrogens is 186 g/mol. The van der Waals surface area contributed by atoms with E-state index in [4.69, 9.17) is 0 Å². The van der Waals surface area contributed by atoms with Crippen molar-refractivity contribution in [2.24, 2.45) is 5.92 Å². The van der Waals surface area contributed by atoms with Crippen molar-refractivity contribution in [1.82, 2.24) is 15.1 Å². The summed E-state index contributed by atoms with van der Waals surface area (Å²) in [5, 5.41) is 3.30. The third kappa shape index (κ3) is 5.50. The third-order valence-corrected chi connectivity index (χ3v) is 3.18. The van der Waals surface area contributed by atoms with Crippen LogP contribution in [0, 0.1) is 5.92 Å². The van der Waals surface area contributed by atoms with Gasteiger partial charge in [0, 0.05) is 6.54 Å². The number of hydrogen-bond donors (Lipinski definition) is 1. The molecule has 0 amide bonds. The zero-order valence-electron chi connectivity index (χ0n) is 10.6. The molecule has 0 bridgehead atoms. The van der Waals surface area contributed by atoms with Gasteiger partial charge in [-0.3, -0.25) is 0 Å². The summed E-state index contributed by atoms with van der Waals surface area (Å²) in [5.41, 5.74) is 0. The average Bonchev–Trinajstić information content (AvgIpc) is 2.18. The van der Waals surface area contributed by atoms with Gasteiger partial charge in [0.1, 0.15) is 0 Å². The molecule has 1 N–H and O–H groups in total. The molecule has 90 valence electrons. The van der Waals surface area contributed by atoms with Crippen LogP contribution in [0.2, 0.25) is 0 Å². The molecule has 15 heavy (non-hydrogen) atoms. The van der Waals surface area contributed by atoms with Crippen molar-refractivity contribution in [3.8, 4) is 0 Å². The summed E-state index contributed by atoms with van der Waals surface area (Å²) in [4.78, 5) is 4.91. The molecule has 1 rings (SSSR count). The van der Waals surface area contributed by atoms with E-state index in [1.807, 2.05) is 0 Å². The normalized spacial score (nSPS) is 23.6. The molecule has 1 heterocycles. The zero-order chi connectivity index (χ0) is 11.1. The predicted octanol–water partition coefficient (Wildman–Crippen LogP) is 0.870. The smallest absolute Gasteiger partial charge is 0.00218 e. The highest BCUT2D eigenvalue weighted by atomic mass is 15.1. The number of rotatable bonds is 6. The minimum Gasteiger partial charge on any atom is -0.319 e. The molecule has 0 radical (unpaired) electrons. The van der Waals surface area contributed by atoms with Crippen LogP contribution < -0.4 is 5.32 Å². The topological polar surface area (TPSA) is 18.5 Å². The second kappa shape index (κ2) is 7.20. The first-order valence-corrected chi connectivity index (χ1v) is 6.24. The van der Waals surface area contributed by atoms with E-state index < -0.39 is 0 Å². The first kappa shape index (κ1) is 12.9. The van der Waals surface area contributed by atoms with Crippen LogP contribution in [0.25, 0.3) is 0 Å². The molecule has 0 aliphatic carbocycles. The van der Waals surface area contributed by atoms with Gasteiger partial charge in [0.15, 0.2) is 0 Å². The Bertz CT molecular complexity index is 157. The molecule has 1 fully saturated rings. The summed E-state index contributed by atoms with van der Waals surface area (Å²) in [5.74, 6) is 0.878. The molecule has 0 spiro atoms. The molecule has 1 saturated heterocycles. The SMILES string of the molecule is CNCC1CCCN(CCCN(C)C)C1. The lowest BCUT2D eigenvalue weighted by atomic mass is 9.98. The van der Waals surface area contributed by atoms with E-state index in [-0.39, 0.29) is 0 Å². The fourth-order valence-corrected chi connectivity index (χ4v) is 2.42. The highest BCUT2D eigenvalue weighted by Gasteiger charge is 2.18. The standard InChI is InChI=1S/C12H27N3/c1-13-10-12-6-4-8-15(11-12)9-5-7-14(2)3/h12-13H,4-11H2,1-3H3. The largest absolute Gasteiger partial charge is 0.319 e. The second-order valence-electron chi connectivity index (χ2n) is 5.02. The van der Waals surface area contributed by atoms with Crippen LogP contribution in [0.3, 0.4) is 0 Å². The van der Waals surface area contributed by atoms with Crippen molar-refractivity contribution >= 4 is 0 Å². The molecule has 0 aromatic heterocycles. The Hall–Kier alpha value is -0.120. The van der Waals surface area contributed by atoms with E-state index in [0.717, 1.165) is 5.92 Å². The monoisotopic (exact) mass is 213 g/mol. The summed E-state index contributed by atoms with van der Waals surface area (Å²) >= 11 is 0. The average molecular weight is 213 g/mol. The van der Waals surface area contributed by atoms with Gasteiger partial charge >= 0.3 is 0 Å². The van der Waals surface area contributed by atoms with Crippen molar-refractivity contribution in [3.05, 3.63) is 0 Å². The minimum atomic E-state index is 0.878. The number of hydrogen-bond acceptors (Lipinski definition) is 3. The molecule has 1 aliphatic rings. The summed E-state index contributed by atoms with van der Waals surface area (Å²) < 4.78 is 0. The molecule has 1 aliphatic heterocycles. The Morgan fingerprint density at radius 2 is 2.20 bits per heavy atom. The van der Waals surface area contributed by atoms with E-state index in [2.05, 4.69) is 36.3 Å². The van der Waals surface area contributed by atoms with Crippen molar-refractivity contribution in [2.75, 3.05) is 53.9 Å². The molecule has 0 aromatic rings. The Morgan fingerprint density at radius 1 is 1.40 bits per heavy atom. The van der Waals surface area contributed by atoms with Gasteiger partial charge in [0.2, 0.25) is 0 Å². The number of likely N-dealkylation sites (tertiary alicyclic amines) is 1. The number of nitrogens with one attached hydrogen (secondary N) is 1. The summed E-state index contributed by atoms with van der Waals surface area (Å²) in [7, 11) is 6.37. The number of piperidine rings is 1. The predicted molar refractivity (Wildman–Crippen MR) is 66.3 cm³/mol. The molecular formula is C12H27N3. The van der Waals surface area contributed by atoms with Crippen LogP contribution in [-0.2, 0) is 0 Å². The van der Waals surface area contributed by atoms with Crippen LogP contribution in [0.4, 0.5) is 0 Å². The lowest BCUT2D eigenvalue weighted by Crippen LogP contribution is -2.40. The number of nitrogens with zero attached hydrogens (tertiary/aromatic N) is 2. The van der Waals surface area contributed by atoms with Gasteiger partial charge < -0.3 is 15.1 Å². The van der Waals surface area contributed by atoms with Gasteiger partial charge in [-0.1, -0.05) is 0 Å². The lowest BCUT2D eigenvalue weighted by Gasteiger charge is -2.32. The summed E-state index contributed by atoms with van der Waals surface area (Å²) in [6.07, 6.45) is 4.10. The van der Waals surface area contributed by atoms with E-state index in [1.54, 1.807) is 0 Å². The maximum Gasteiger partial charge on any atom is 0.00218 e. The lowest BCUT2D eigenvalue weighted by molar-refractivity contribution is 0.167. The maximum atomic E-state index is 3.30. The Labute approximate surface area is 94.8 Å². The molecule has 1 atom stereocenters. The van der Waals surface area contributed by atoms with Gasteiger partial charge in [0.05, 0.1) is 0 Å². The molecule has 3 nitrogen and oxygen atoms in total. The van der Waals surface area contributed by atoms with Gasteiger partial charge in [-0.05, 0) is 72.5 Å². The van der Waals surface area contributed by atoms with Crippen molar-refractivity contribution in [3.63, 3.8) is 0 Å². The van der Waals surface area contributed by atoms with Gasteiger partial charge in [-0.2, -0.15) is 0 Å². The van der Waals surface area contributed by atoms with Crippen molar-refractivity contribution in [1.29, 1.82) is 0 Å². The first-order valence-electron chi connectivity index (χ1n) is 6.24. The van der Waals surface area contributed by atoms with E-state index in [0.29, 0.717) is 0 Å². The Morgan fingerprint density at radius 3 is 2.87 bits per heavy atom. The van der Waals surface area contributed by atoms with Gasteiger partial charge in [0.25, 0.3) is 0 Å². The van der Waals surface area contributed by atoms with Gasteiger partial charge in [-0.25, -0.2) is 0 Å². The zero-order valence-corrected chi connectivity index (χ0v) is 10.6. The molecule has 3 heteroatoms. The summed E-state index contributed by atoms with van der Waals surface area (Å²) in [6.45, 7) is 6.29. The van der Waals surface area contributed by atoms with Crippen LogP contribution in [0.15, 0.2) is 0 Å². The van der Waals surface area contributed by atoms with Gasteiger partial charge in [-0.15, -0.1) is 0 Å². The minimum absolute atomic E-state index is 0.878. The van der Waals surface area contributed by atoms with Crippen LogP contribution in [0.1, 0.15) is 19.3 Å². The van der Waals surface area contributed by atoms with E-state index in [9.17, 15) is 0 Å². The highest BCUT2D eigenvalue weighted by Crippen LogP contribution is 2.15. The van der Waals surface area contributed by atoms with E-state index >= 15 is 0 Å². The third-order valence-electron chi connectivity index (χ3n) is 3.18. The Kier molecular flexibility index (Phi) is 6.22. The second-order valence-corrected chi connectivity index (χ2v) is 5.02. The van der Waals surface area contributed by atoms with Crippen molar-refractivity contribution < 1.29 is 0 Å². The Balaban J connectivity index is 2.12. The molecule has 1 unspecified atom stereocenters. The van der Waals surface area contributed by atoms with Crippen LogP contribution >= 0.6 is 0 Å². The summed E-state index contributed by atoms with van der Waals surface area (Å²) in [6, 6.07) is 0. The fourth-order valence-electron chi connectivity index (χ4n) is 2.42. The maximum absolute atomic E-state index is 3.30. The molecule has 0 aromatic carbocycles. The fraction of sp³-hybridized carbons (Fsp3) is 1.00. The van der Waals surface area contributed by atoms with Crippen LogP contribution in [0.5, 0.6) is 0 Å². The van der Waals surface area contributed by atoms with Crippen molar-refractivity contribution in [2.45, 2.75) is 19.3 Å². The quantitative estimate of drug-likeness (QED) is 0.706. The van der Waals surface area contributed by atoms with Crippen LogP contribution in [-0.4, -0.2) is 63.7 Å². The first-order chi connectivity index (χ1) is 7.22. The van der Waals surface area contributed by atoms with E-state index in [1.165, 1.54) is 52.0 Å². The molecule has 0 saturated carbocycles. The highest BCUT2D eigenvalue weighted by molar-refractivity contribution is 4.74.